The largest absolute Gasteiger partial charge is 0.392 e. The molecule has 2 atom stereocenters. The molecule has 15 heavy (non-hydrogen) atoms. The predicted molar refractivity (Wildman–Crippen MR) is 63.9 cm³/mol. The van der Waals surface area contributed by atoms with Crippen LogP contribution in [0.5, 0.6) is 0 Å². The Morgan fingerprint density at radius 2 is 1.73 bits per heavy atom. The van der Waals surface area contributed by atoms with E-state index in [0.29, 0.717) is 13.1 Å². The number of hydrogen-bond acceptors (Lipinski definition) is 3. The highest BCUT2D eigenvalue weighted by atomic mass is 16.3. The molecule has 0 saturated heterocycles. The Kier molecular flexibility index (Phi) is 5.78. The Bertz CT molecular complexity index is 173. The van der Waals surface area contributed by atoms with E-state index in [2.05, 4.69) is 26.1 Å². The van der Waals surface area contributed by atoms with Gasteiger partial charge in [0, 0.05) is 13.1 Å². The molecule has 92 valence electrons. The molecule has 0 heterocycles. The normalized spacial score (nSPS) is 18.6. The van der Waals surface area contributed by atoms with Crippen LogP contribution < -0.4 is 5.32 Å². The molecule has 0 spiro atoms. The minimum atomic E-state index is -0.665. The van der Waals surface area contributed by atoms with Gasteiger partial charge in [-0.15, -0.1) is 0 Å². The number of nitrogens with one attached hydrogen (secondary N) is 1. The maximum absolute atomic E-state index is 9.72. The van der Waals surface area contributed by atoms with Gasteiger partial charge in [0.1, 0.15) is 0 Å². The molecule has 3 nitrogen and oxygen atoms in total. The number of aliphatic hydroxyl groups excluding tert-OH is 1. The van der Waals surface area contributed by atoms with Gasteiger partial charge in [0.15, 0.2) is 0 Å². The topological polar surface area (TPSA) is 52.5 Å². The van der Waals surface area contributed by atoms with E-state index in [4.69, 9.17) is 0 Å². The molecular formula is C12H27NO2. The van der Waals surface area contributed by atoms with Crippen molar-refractivity contribution in [3.05, 3.63) is 0 Å². The van der Waals surface area contributed by atoms with Gasteiger partial charge in [-0.05, 0) is 25.2 Å². The molecule has 0 aliphatic rings. The second kappa shape index (κ2) is 5.83. The predicted octanol–water partition coefficient (Wildman–Crippen LogP) is 1.53. The zero-order valence-corrected chi connectivity index (χ0v) is 10.8. The lowest BCUT2D eigenvalue weighted by atomic mass is 9.89. The fraction of sp³-hybridized carbons (Fsp3) is 1.00. The Hall–Kier alpha value is -0.120. The minimum Gasteiger partial charge on any atom is -0.392 e. The fourth-order valence-electron chi connectivity index (χ4n) is 1.41. The van der Waals surface area contributed by atoms with Gasteiger partial charge in [-0.2, -0.15) is 0 Å². The highest BCUT2D eigenvalue weighted by molar-refractivity contribution is 4.75. The summed E-state index contributed by atoms with van der Waals surface area (Å²) >= 11 is 0. The average molecular weight is 217 g/mol. The van der Waals surface area contributed by atoms with E-state index >= 15 is 0 Å². The van der Waals surface area contributed by atoms with Crippen LogP contribution in [0.4, 0.5) is 0 Å². The van der Waals surface area contributed by atoms with Crippen LogP contribution in [0.3, 0.4) is 0 Å². The van der Waals surface area contributed by atoms with Crippen LogP contribution in [0.25, 0.3) is 0 Å². The van der Waals surface area contributed by atoms with Crippen molar-refractivity contribution in [1.82, 2.24) is 5.32 Å². The first kappa shape index (κ1) is 14.9. The Morgan fingerprint density at radius 1 is 1.20 bits per heavy atom. The van der Waals surface area contributed by atoms with Crippen molar-refractivity contribution in [2.75, 3.05) is 13.1 Å². The molecule has 0 aromatic heterocycles. The summed E-state index contributed by atoms with van der Waals surface area (Å²) in [7, 11) is 0. The molecule has 3 heteroatoms. The lowest BCUT2D eigenvalue weighted by molar-refractivity contribution is 0.0488. The summed E-state index contributed by atoms with van der Waals surface area (Å²) < 4.78 is 0. The van der Waals surface area contributed by atoms with Crippen LogP contribution in [0.15, 0.2) is 0 Å². The van der Waals surface area contributed by atoms with E-state index in [0.717, 1.165) is 12.8 Å². The minimum absolute atomic E-state index is 0.147. The summed E-state index contributed by atoms with van der Waals surface area (Å²) in [5, 5.41) is 22.5. The van der Waals surface area contributed by atoms with Gasteiger partial charge in [0.25, 0.3) is 0 Å². The standard InChI is InChI=1S/C12H27NO2/c1-6-12(5,15)9-13-8-10(14)7-11(2,3)4/h10,13-15H,6-9H2,1-5H3. The lowest BCUT2D eigenvalue weighted by Crippen LogP contribution is -2.40. The second-order valence-corrected chi connectivity index (χ2v) is 5.90. The monoisotopic (exact) mass is 217 g/mol. The average Bonchev–Trinajstić information content (AvgIpc) is 2.00. The summed E-state index contributed by atoms with van der Waals surface area (Å²) in [5.41, 5.74) is -0.518. The molecule has 3 N–H and O–H groups in total. The van der Waals surface area contributed by atoms with Crippen molar-refractivity contribution in [3.63, 3.8) is 0 Å². The quantitative estimate of drug-likeness (QED) is 0.632. The number of rotatable bonds is 6. The van der Waals surface area contributed by atoms with Crippen LogP contribution in [0.1, 0.15) is 47.5 Å². The van der Waals surface area contributed by atoms with E-state index in [1.807, 2.05) is 6.92 Å². The number of aliphatic hydroxyl groups is 2. The maximum atomic E-state index is 9.72. The van der Waals surface area contributed by atoms with E-state index < -0.39 is 5.60 Å². The molecule has 0 aliphatic carbocycles. The van der Waals surface area contributed by atoms with Crippen LogP contribution in [-0.2, 0) is 0 Å². The SMILES string of the molecule is CCC(C)(O)CNCC(O)CC(C)(C)C. The molecule has 0 rings (SSSR count). The fourth-order valence-corrected chi connectivity index (χ4v) is 1.41. The van der Waals surface area contributed by atoms with Gasteiger partial charge in [-0.1, -0.05) is 27.7 Å². The third-order valence-corrected chi connectivity index (χ3v) is 2.50. The van der Waals surface area contributed by atoms with Gasteiger partial charge in [-0.3, -0.25) is 0 Å². The molecule has 0 fully saturated rings. The zero-order chi connectivity index (χ0) is 12.1. The summed E-state index contributed by atoms with van der Waals surface area (Å²) in [4.78, 5) is 0. The molecule has 0 saturated carbocycles. The molecule has 2 unspecified atom stereocenters. The van der Waals surface area contributed by atoms with E-state index in [9.17, 15) is 10.2 Å². The first-order valence-corrected chi connectivity index (χ1v) is 5.77. The van der Waals surface area contributed by atoms with Crippen LogP contribution in [0, 0.1) is 5.41 Å². The maximum Gasteiger partial charge on any atom is 0.0741 e. The van der Waals surface area contributed by atoms with E-state index in [1.165, 1.54) is 0 Å². The Morgan fingerprint density at radius 3 is 2.13 bits per heavy atom. The molecule has 0 aromatic rings. The first-order valence-electron chi connectivity index (χ1n) is 5.77. The third kappa shape index (κ3) is 8.85. The summed E-state index contributed by atoms with van der Waals surface area (Å²) in [6.45, 7) is 11.2. The van der Waals surface area contributed by atoms with Gasteiger partial charge in [0.2, 0.25) is 0 Å². The highest BCUT2D eigenvalue weighted by Crippen LogP contribution is 2.20. The summed E-state index contributed by atoms with van der Waals surface area (Å²) in [6.07, 6.45) is 1.15. The summed E-state index contributed by atoms with van der Waals surface area (Å²) in [6, 6.07) is 0. The zero-order valence-electron chi connectivity index (χ0n) is 10.8. The van der Waals surface area contributed by atoms with Gasteiger partial charge in [-0.25, -0.2) is 0 Å². The highest BCUT2D eigenvalue weighted by Gasteiger charge is 2.19. The van der Waals surface area contributed by atoms with Crippen molar-refractivity contribution in [3.8, 4) is 0 Å². The first-order chi connectivity index (χ1) is 6.66. The number of hydrogen-bond donors (Lipinski definition) is 3. The Labute approximate surface area is 93.9 Å². The third-order valence-electron chi connectivity index (χ3n) is 2.50. The molecule has 0 bridgehead atoms. The smallest absolute Gasteiger partial charge is 0.0741 e. The van der Waals surface area contributed by atoms with Crippen molar-refractivity contribution in [2.45, 2.75) is 59.2 Å². The second-order valence-electron chi connectivity index (χ2n) is 5.90. The van der Waals surface area contributed by atoms with E-state index in [-0.39, 0.29) is 11.5 Å². The lowest BCUT2D eigenvalue weighted by Gasteiger charge is -2.25. The summed E-state index contributed by atoms with van der Waals surface area (Å²) in [5.74, 6) is 0. The van der Waals surface area contributed by atoms with Gasteiger partial charge >= 0.3 is 0 Å². The molecule has 0 aliphatic heterocycles. The molecule has 0 radical (unpaired) electrons. The molecule has 0 aromatic carbocycles. The Balaban J connectivity index is 3.69. The van der Waals surface area contributed by atoms with Crippen LogP contribution in [0.2, 0.25) is 0 Å². The van der Waals surface area contributed by atoms with E-state index in [1.54, 1.807) is 6.92 Å². The van der Waals surface area contributed by atoms with Gasteiger partial charge in [0.05, 0.1) is 11.7 Å². The van der Waals surface area contributed by atoms with Gasteiger partial charge < -0.3 is 15.5 Å². The van der Waals surface area contributed by atoms with Crippen molar-refractivity contribution < 1.29 is 10.2 Å². The van der Waals surface area contributed by atoms with Crippen molar-refractivity contribution in [1.29, 1.82) is 0 Å². The van der Waals surface area contributed by atoms with Crippen LogP contribution >= 0.6 is 0 Å². The van der Waals surface area contributed by atoms with Crippen molar-refractivity contribution >= 4 is 0 Å². The molecule has 0 amide bonds. The molecular weight excluding hydrogens is 190 g/mol. The van der Waals surface area contributed by atoms with Crippen molar-refractivity contribution in [2.24, 2.45) is 5.41 Å². The van der Waals surface area contributed by atoms with Crippen LogP contribution in [-0.4, -0.2) is 35.0 Å².